The van der Waals surface area contributed by atoms with E-state index in [1.165, 1.54) is 0 Å². The zero-order chi connectivity index (χ0) is 11.5. The van der Waals surface area contributed by atoms with Gasteiger partial charge in [-0.05, 0) is 14.0 Å². The largest absolute Gasteiger partial charge is 0.339 e. The van der Waals surface area contributed by atoms with Crippen LogP contribution in [-0.2, 0) is 13.5 Å². The van der Waals surface area contributed by atoms with Crippen LogP contribution in [0.4, 0.5) is 0 Å². The summed E-state index contributed by atoms with van der Waals surface area (Å²) in [6.45, 7) is 2.06. The summed E-state index contributed by atoms with van der Waals surface area (Å²) in [5.41, 5.74) is 0.854. The molecule has 0 saturated carbocycles. The van der Waals surface area contributed by atoms with E-state index in [9.17, 15) is 0 Å². The van der Waals surface area contributed by atoms with Gasteiger partial charge in [-0.1, -0.05) is 5.16 Å². The molecule has 0 aliphatic rings. The van der Waals surface area contributed by atoms with Gasteiger partial charge in [0, 0.05) is 19.5 Å². The lowest BCUT2D eigenvalue weighted by molar-refractivity contribution is 0.365. The molecule has 86 valence electrons. The fourth-order valence-electron chi connectivity index (χ4n) is 1.38. The Bertz CT molecular complexity index is 461. The third-order valence-corrected chi connectivity index (χ3v) is 2.49. The van der Waals surface area contributed by atoms with Crippen LogP contribution in [0.1, 0.15) is 12.8 Å². The van der Waals surface area contributed by atoms with Crippen LogP contribution in [0, 0.1) is 0 Å². The molecule has 0 aliphatic carbocycles. The van der Waals surface area contributed by atoms with Crippen molar-refractivity contribution in [3.05, 3.63) is 18.4 Å². The maximum atomic E-state index is 5.17. The number of aromatic nitrogens is 4. The Kier molecular flexibility index (Phi) is 3.00. The van der Waals surface area contributed by atoms with Gasteiger partial charge in [0.1, 0.15) is 5.69 Å². The van der Waals surface area contributed by atoms with E-state index in [1.807, 2.05) is 18.7 Å². The highest BCUT2D eigenvalue weighted by Gasteiger charge is 2.12. The van der Waals surface area contributed by atoms with Gasteiger partial charge in [-0.15, -0.1) is 0 Å². The van der Waals surface area contributed by atoms with Crippen molar-refractivity contribution < 1.29 is 4.52 Å². The topological polar surface area (TPSA) is 68.8 Å². The number of likely N-dealkylation sites (N-methyl/N-ethyl adjacent to an activating group) is 1. The third-order valence-electron chi connectivity index (χ3n) is 2.49. The first-order valence-corrected chi connectivity index (χ1v) is 5.17. The van der Waals surface area contributed by atoms with E-state index >= 15 is 0 Å². The van der Waals surface area contributed by atoms with E-state index in [0.29, 0.717) is 17.8 Å². The molecule has 1 unspecified atom stereocenters. The molecule has 0 amide bonds. The number of imidazole rings is 1. The van der Waals surface area contributed by atoms with Crippen LogP contribution in [0.3, 0.4) is 0 Å². The van der Waals surface area contributed by atoms with Crippen molar-refractivity contribution in [2.24, 2.45) is 7.05 Å². The number of nitrogens with one attached hydrogen (secondary N) is 1. The van der Waals surface area contributed by atoms with Crippen LogP contribution in [0.15, 0.2) is 17.0 Å². The average molecular weight is 221 g/mol. The second-order valence-corrected chi connectivity index (χ2v) is 3.80. The summed E-state index contributed by atoms with van der Waals surface area (Å²) in [7, 11) is 3.80. The van der Waals surface area contributed by atoms with E-state index in [1.54, 1.807) is 12.5 Å². The standard InChI is InChI=1S/C10H15N5O/c1-7(11-2)4-9-13-10(14-16-9)8-5-12-6-15(8)3/h5-7,11H,4H2,1-3H3. The summed E-state index contributed by atoms with van der Waals surface area (Å²) in [6, 6.07) is 0.319. The Labute approximate surface area is 93.7 Å². The second-order valence-electron chi connectivity index (χ2n) is 3.80. The smallest absolute Gasteiger partial charge is 0.228 e. The maximum absolute atomic E-state index is 5.17. The summed E-state index contributed by atoms with van der Waals surface area (Å²) >= 11 is 0. The number of nitrogens with zero attached hydrogens (tertiary/aromatic N) is 4. The zero-order valence-electron chi connectivity index (χ0n) is 9.64. The zero-order valence-corrected chi connectivity index (χ0v) is 9.64. The molecule has 2 heterocycles. The molecule has 0 bridgehead atoms. The normalized spacial score (nSPS) is 12.9. The molecule has 6 heteroatoms. The van der Waals surface area contributed by atoms with Crippen LogP contribution in [0.2, 0.25) is 0 Å². The summed E-state index contributed by atoms with van der Waals surface area (Å²) < 4.78 is 7.03. The molecule has 0 radical (unpaired) electrons. The highest BCUT2D eigenvalue weighted by atomic mass is 16.5. The first kappa shape index (κ1) is 10.8. The van der Waals surface area contributed by atoms with E-state index in [-0.39, 0.29) is 0 Å². The fraction of sp³-hybridized carbons (Fsp3) is 0.500. The minimum Gasteiger partial charge on any atom is -0.339 e. The summed E-state index contributed by atoms with van der Waals surface area (Å²) in [5, 5.41) is 7.06. The summed E-state index contributed by atoms with van der Waals surface area (Å²) in [5.74, 6) is 1.22. The van der Waals surface area contributed by atoms with Gasteiger partial charge in [-0.25, -0.2) is 4.98 Å². The molecular weight excluding hydrogens is 206 g/mol. The first-order valence-electron chi connectivity index (χ1n) is 5.17. The van der Waals surface area contributed by atoms with Crippen LogP contribution in [0.25, 0.3) is 11.5 Å². The Morgan fingerprint density at radius 3 is 3.00 bits per heavy atom. The summed E-state index contributed by atoms with van der Waals surface area (Å²) in [6.07, 6.45) is 4.15. The van der Waals surface area contributed by atoms with Crippen molar-refractivity contribution in [3.63, 3.8) is 0 Å². The SMILES string of the molecule is CNC(C)Cc1nc(-c2cncn2C)no1. The molecule has 2 rings (SSSR count). The second kappa shape index (κ2) is 4.44. The van der Waals surface area contributed by atoms with E-state index in [4.69, 9.17) is 4.52 Å². The molecule has 1 N–H and O–H groups in total. The number of rotatable bonds is 4. The predicted molar refractivity (Wildman–Crippen MR) is 58.7 cm³/mol. The molecule has 2 aromatic heterocycles. The highest BCUT2D eigenvalue weighted by molar-refractivity contribution is 5.46. The van der Waals surface area contributed by atoms with Gasteiger partial charge < -0.3 is 14.4 Å². The number of hydrogen-bond acceptors (Lipinski definition) is 5. The molecule has 0 spiro atoms. The Morgan fingerprint density at radius 2 is 2.38 bits per heavy atom. The number of aryl methyl sites for hydroxylation is 1. The van der Waals surface area contributed by atoms with Gasteiger partial charge in [-0.3, -0.25) is 0 Å². The van der Waals surface area contributed by atoms with Crippen molar-refractivity contribution in [2.45, 2.75) is 19.4 Å². The average Bonchev–Trinajstić information content (AvgIpc) is 2.86. The molecule has 1 atom stereocenters. The predicted octanol–water partition coefficient (Wildman–Crippen LogP) is 0.620. The van der Waals surface area contributed by atoms with Crippen LogP contribution in [-0.4, -0.2) is 32.8 Å². The van der Waals surface area contributed by atoms with Gasteiger partial charge in [0.15, 0.2) is 0 Å². The lowest BCUT2D eigenvalue weighted by Gasteiger charge is -2.04. The Morgan fingerprint density at radius 1 is 1.56 bits per heavy atom. The molecule has 0 saturated heterocycles. The van der Waals surface area contributed by atoms with Crippen LogP contribution >= 0.6 is 0 Å². The van der Waals surface area contributed by atoms with E-state index < -0.39 is 0 Å². The molecule has 0 aliphatic heterocycles. The minimum absolute atomic E-state index is 0.319. The van der Waals surface area contributed by atoms with Crippen molar-refractivity contribution in [2.75, 3.05) is 7.05 Å². The van der Waals surface area contributed by atoms with Crippen LogP contribution in [0.5, 0.6) is 0 Å². The molecule has 16 heavy (non-hydrogen) atoms. The quantitative estimate of drug-likeness (QED) is 0.819. The van der Waals surface area contributed by atoms with Gasteiger partial charge in [0.25, 0.3) is 0 Å². The van der Waals surface area contributed by atoms with Crippen molar-refractivity contribution in [3.8, 4) is 11.5 Å². The number of hydrogen-bond donors (Lipinski definition) is 1. The molecule has 6 nitrogen and oxygen atoms in total. The third kappa shape index (κ3) is 2.11. The van der Waals surface area contributed by atoms with E-state index in [2.05, 4.69) is 27.4 Å². The highest BCUT2D eigenvalue weighted by Crippen LogP contribution is 2.14. The lowest BCUT2D eigenvalue weighted by atomic mass is 10.2. The Hall–Kier alpha value is -1.69. The van der Waals surface area contributed by atoms with Crippen LogP contribution < -0.4 is 5.32 Å². The monoisotopic (exact) mass is 221 g/mol. The van der Waals surface area contributed by atoms with Crippen molar-refractivity contribution in [1.82, 2.24) is 25.0 Å². The molecule has 0 fully saturated rings. The fourth-order valence-corrected chi connectivity index (χ4v) is 1.38. The lowest BCUT2D eigenvalue weighted by Crippen LogP contribution is -2.23. The molecular formula is C10H15N5O. The Balaban J connectivity index is 2.17. The van der Waals surface area contributed by atoms with Gasteiger partial charge in [0.2, 0.25) is 11.7 Å². The summed E-state index contributed by atoms with van der Waals surface area (Å²) in [4.78, 5) is 8.34. The van der Waals surface area contributed by atoms with Crippen molar-refractivity contribution >= 4 is 0 Å². The van der Waals surface area contributed by atoms with Crippen molar-refractivity contribution in [1.29, 1.82) is 0 Å². The maximum Gasteiger partial charge on any atom is 0.228 e. The van der Waals surface area contributed by atoms with Gasteiger partial charge >= 0.3 is 0 Å². The van der Waals surface area contributed by atoms with Gasteiger partial charge in [0.05, 0.1) is 12.5 Å². The minimum atomic E-state index is 0.319. The van der Waals surface area contributed by atoms with Gasteiger partial charge in [-0.2, -0.15) is 4.98 Å². The first-order chi connectivity index (χ1) is 7.70. The molecule has 0 aromatic carbocycles. The molecule has 2 aromatic rings. The van der Waals surface area contributed by atoms with E-state index in [0.717, 1.165) is 12.1 Å².